The molecule has 1 aliphatic heterocycles. The van der Waals surface area contributed by atoms with E-state index < -0.39 is 9.84 Å². The maximum atomic E-state index is 12.4. The van der Waals surface area contributed by atoms with Gasteiger partial charge in [-0.3, -0.25) is 14.7 Å². The Kier molecular flexibility index (Phi) is 6.27. The third-order valence-electron chi connectivity index (χ3n) is 6.00. The number of rotatable bonds is 7. The van der Waals surface area contributed by atoms with E-state index in [-0.39, 0.29) is 16.8 Å². The lowest BCUT2D eigenvalue weighted by molar-refractivity contribution is 0.0782. The number of hydrogen-bond donors (Lipinski definition) is 0. The van der Waals surface area contributed by atoms with Crippen LogP contribution in [0.2, 0.25) is 0 Å². The van der Waals surface area contributed by atoms with Crippen molar-refractivity contribution in [1.82, 2.24) is 29.6 Å². The minimum Gasteiger partial charge on any atom is -0.474 e. The molecule has 0 aliphatic carbocycles. The van der Waals surface area contributed by atoms with Gasteiger partial charge in [0.05, 0.1) is 23.3 Å². The van der Waals surface area contributed by atoms with Gasteiger partial charge in [-0.15, -0.1) is 0 Å². The molecule has 10 nitrogen and oxygen atoms in total. The number of carbonyl (C=O) groups excluding carboxylic acids is 1. The van der Waals surface area contributed by atoms with Crippen molar-refractivity contribution in [3.8, 4) is 11.6 Å². The Morgan fingerprint density at radius 1 is 1.09 bits per heavy atom. The standard InChI is InChI=1S/C24H24N6O4S/c1-35(32,33)20-6-4-18(5-7-20)30-23-21(14-28-30)24(27-16-26-23)34-19-8-11-29(12-9-19)15-22(31)17-3-2-10-25-13-17/h2-7,10,13-14,16,19H,8-9,11-12,15H2,1H3. The molecule has 0 spiro atoms. The van der Waals surface area contributed by atoms with E-state index in [1.807, 2.05) is 0 Å². The van der Waals surface area contributed by atoms with Crippen LogP contribution in [0.15, 0.2) is 66.2 Å². The fourth-order valence-electron chi connectivity index (χ4n) is 4.11. The van der Waals surface area contributed by atoms with Crippen LogP contribution in [-0.4, -0.2) is 75.8 Å². The Morgan fingerprint density at radius 2 is 1.86 bits per heavy atom. The number of fused-ring (bicyclic) bond motifs is 1. The van der Waals surface area contributed by atoms with E-state index in [1.54, 1.807) is 59.7 Å². The zero-order valence-corrected chi connectivity index (χ0v) is 19.9. The molecule has 0 N–H and O–H groups in total. The maximum Gasteiger partial charge on any atom is 0.228 e. The summed E-state index contributed by atoms with van der Waals surface area (Å²) in [4.78, 5) is 27.5. The van der Waals surface area contributed by atoms with E-state index in [2.05, 4.69) is 25.0 Å². The molecule has 11 heteroatoms. The highest BCUT2D eigenvalue weighted by molar-refractivity contribution is 7.90. The molecule has 35 heavy (non-hydrogen) atoms. The first-order chi connectivity index (χ1) is 16.9. The van der Waals surface area contributed by atoms with Crippen molar-refractivity contribution in [2.24, 2.45) is 0 Å². The number of likely N-dealkylation sites (tertiary alicyclic amines) is 1. The first-order valence-electron chi connectivity index (χ1n) is 11.2. The molecular weight excluding hydrogens is 468 g/mol. The van der Waals surface area contributed by atoms with E-state index in [0.717, 1.165) is 25.9 Å². The predicted octanol–water partition coefficient (Wildman–Crippen LogP) is 2.34. The molecule has 180 valence electrons. The van der Waals surface area contributed by atoms with Crippen LogP contribution in [-0.2, 0) is 9.84 Å². The topological polar surface area (TPSA) is 120 Å². The van der Waals surface area contributed by atoms with Crippen molar-refractivity contribution >= 4 is 26.7 Å². The number of pyridine rings is 1. The first-order valence-corrected chi connectivity index (χ1v) is 13.1. The first kappa shape index (κ1) is 23.1. The zero-order valence-electron chi connectivity index (χ0n) is 19.1. The van der Waals surface area contributed by atoms with Gasteiger partial charge in [0.25, 0.3) is 0 Å². The largest absolute Gasteiger partial charge is 0.474 e. The molecule has 0 saturated carbocycles. The van der Waals surface area contributed by atoms with E-state index in [0.29, 0.717) is 34.7 Å². The highest BCUT2D eigenvalue weighted by Gasteiger charge is 2.24. The summed E-state index contributed by atoms with van der Waals surface area (Å²) in [6.45, 7) is 1.86. The van der Waals surface area contributed by atoms with Gasteiger partial charge in [-0.25, -0.2) is 23.1 Å². The van der Waals surface area contributed by atoms with Gasteiger partial charge in [-0.05, 0) is 49.2 Å². The molecule has 4 heterocycles. The number of piperidine rings is 1. The molecular formula is C24H24N6O4S. The van der Waals surface area contributed by atoms with Crippen LogP contribution in [0, 0.1) is 0 Å². The SMILES string of the molecule is CS(=O)(=O)c1ccc(-n2ncc3c(OC4CCN(CC(=O)c5cccnc5)CC4)ncnc32)cc1. The predicted molar refractivity (Wildman–Crippen MR) is 128 cm³/mol. The van der Waals surface area contributed by atoms with Gasteiger partial charge in [0.15, 0.2) is 21.3 Å². The molecule has 0 bridgehead atoms. The molecule has 1 aliphatic rings. The molecule has 3 aromatic heterocycles. The second-order valence-corrected chi connectivity index (χ2v) is 10.5. The fraction of sp³-hybridized carbons (Fsp3) is 0.292. The van der Waals surface area contributed by atoms with Crippen LogP contribution in [0.1, 0.15) is 23.2 Å². The molecule has 5 rings (SSSR count). The van der Waals surface area contributed by atoms with Gasteiger partial charge in [0.1, 0.15) is 17.8 Å². The summed E-state index contributed by atoms with van der Waals surface area (Å²) in [6, 6.07) is 10.0. The summed E-state index contributed by atoms with van der Waals surface area (Å²) in [7, 11) is -3.28. The maximum absolute atomic E-state index is 12.4. The molecule has 0 radical (unpaired) electrons. The summed E-state index contributed by atoms with van der Waals surface area (Å²) in [5, 5.41) is 5.09. The average Bonchev–Trinajstić information content (AvgIpc) is 3.30. The Balaban J connectivity index is 1.25. The molecule has 4 aromatic rings. The minimum absolute atomic E-state index is 0.0322. The highest BCUT2D eigenvalue weighted by Crippen LogP contribution is 2.26. The lowest BCUT2D eigenvalue weighted by Crippen LogP contribution is -2.40. The van der Waals surface area contributed by atoms with Gasteiger partial charge in [-0.2, -0.15) is 5.10 Å². The van der Waals surface area contributed by atoms with Crippen molar-refractivity contribution in [2.45, 2.75) is 23.8 Å². The van der Waals surface area contributed by atoms with Gasteiger partial charge in [0.2, 0.25) is 5.88 Å². The number of hydrogen-bond acceptors (Lipinski definition) is 9. The second kappa shape index (κ2) is 9.51. The third kappa shape index (κ3) is 5.05. The second-order valence-electron chi connectivity index (χ2n) is 8.50. The number of sulfone groups is 1. The Hall–Kier alpha value is -3.70. The number of carbonyl (C=O) groups is 1. The monoisotopic (exact) mass is 492 g/mol. The normalized spacial score (nSPS) is 15.3. The average molecular weight is 493 g/mol. The van der Waals surface area contributed by atoms with Crippen LogP contribution in [0.3, 0.4) is 0 Å². The smallest absolute Gasteiger partial charge is 0.228 e. The third-order valence-corrected chi connectivity index (χ3v) is 7.13. The molecule has 0 atom stereocenters. The van der Waals surface area contributed by atoms with E-state index >= 15 is 0 Å². The Labute approximate surface area is 202 Å². The van der Waals surface area contributed by atoms with Crippen LogP contribution in [0.5, 0.6) is 5.88 Å². The Bertz CT molecular complexity index is 1450. The van der Waals surface area contributed by atoms with Crippen molar-refractivity contribution in [2.75, 3.05) is 25.9 Å². The zero-order chi connectivity index (χ0) is 24.4. The summed E-state index contributed by atoms with van der Waals surface area (Å²) in [6.07, 6.45) is 9.01. The van der Waals surface area contributed by atoms with Gasteiger partial charge >= 0.3 is 0 Å². The number of nitrogens with zero attached hydrogens (tertiary/aromatic N) is 6. The highest BCUT2D eigenvalue weighted by atomic mass is 32.2. The molecule has 0 amide bonds. The summed E-state index contributed by atoms with van der Waals surface area (Å²) in [5.74, 6) is 0.519. The Morgan fingerprint density at radius 3 is 2.54 bits per heavy atom. The van der Waals surface area contributed by atoms with E-state index in [1.165, 1.54) is 12.6 Å². The van der Waals surface area contributed by atoms with Crippen LogP contribution >= 0.6 is 0 Å². The van der Waals surface area contributed by atoms with Gasteiger partial charge < -0.3 is 4.74 Å². The van der Waals surface area contributed by atoms with E-state index in [9.17, 15) is 13.2 Å². The van der Waals surface area contributed by atoms with Gasteiger partial charge in [-0.1, -0.05) is 0 Å². The van der Waals surface area contributed by atoms with Crippen LogP contribution < -0.4 is 4.74 Å². The van der Waals surface area contributed by atoms with Crippen LogP contribution in [0.4, 0.5) is 0 Å². The van der Waals surface area contributed by atoms with Crippen molar-refractivity contribution in [3.63, 3.8) is 0 Å². The fourth-order valence-corrected chi connectivity index (χ4v) is 4.74. The van der Waals surface area contributed by atoms with E-state index in [4.69, 9.17) is 4.74 Å². The summed E-state index contributed by atoms with van der Waals surface area (Å²) in [5.41, 5.74) is 1.88. The minimum atomic E-state index is -3.28. The number of ketones is 1. The van der Waals surface area contributed by atoms with Crippen molar-refractivity contribution in [1.29, 1.82) is 0 Å². The quantitative estimate of drug-likeness (QED) is 0.358. The van der Waals surface area contributed by atoms with Gasteiger partial charge in [0, 0.05) is 37.3 Å². The number of benzene rings is 1. The molecule has 1 aromatic carbocycles. The van der Waals surface area contributed by atoms with Crippen LogP contribution in [0.25, 0.3) is 16.7 Å². The molecule has 1 fully saturated rings. The van der Waals surface area contributed by atoms with Crippen molar-refractivity contribution in [3.05, 3.63) is 66.9 Å². The van der Waals surface area contributed by atoms with Crippen molar-refractivity contribution < 1.29 is 17.9 Å². The molecule has 1 saturated heterocycles. The summed E-state index contributed by atoms with van der Waals surface area (Å²) >= 11 is 0. The molecule has 0 unspecified atom stereocenters. The lowest BCUT2D eigenvalue weighted by atomic mass is 10.1. The lowest BCUT2D eigenvalue weighted by Gasteiger charge is -2.31. The number of Topliss-reactive ketones (excluding diaryl/α,β-unsaturated/α-hetero) is 1. The number of aromatic nitrogens is 5. The number of ether oxygens (including phenoxy) is 1. The summed E-state index contributed by atoms with van der Waals surface area (Å²) < 4.78 is 31.3.